The molecule has 1 atom stereocenters. The van der Waals surface area contributed by atoms with Crippen molar-refractivity contribution in [1.82, 2.24) is 30.8 Å². The van der Waals surface area contributed by atoms with E-state index in [0.717, 1.165) is 27.8 Å². The Kier molecular flexibility index (Phi) is 8.04. The number of fused-ring (bicyclic) bond motifs is 3. The minimum absolute atomic E-state index is 0.214. The lowest BCUT2D eigenvalue weighted by molar-refractivity contribution is 0.0915. The molecule has 37 heavy (non-hydrogen) atoms. The van der Waals surface area contributed by atoms with Crippen LogP contribution in [0.2, 0.25) is 0 Å². The Balaban J connectivity index is 1.45. The minimum Gasteiger partial charge on any atom is -0.450 e. The molecule has 1 aromatic carbocycles. The molecule has 196 valence electrons. The Morgan fingerprint density at radius 2 is 2.03 bits per heavy atom. The van der Waals surface area contributed by atoms with Gasteiger partial charge < -0.3 is 30.6 Å². The van der Waals surface area contributed by atoms with Gasteiger partial charge >= 0.3 is 6.09 Å². The molecule has 0 saturated heterocycles. The van der Waals surface area contributed by atoms with Gasteiger partial charge in [-0.3, -0.25) is 19.7 Å². The second-order valence-electron chi connectivity index (χ2n) is 8.77. The maximum Gasteiger partial charge on any atom is 0.407 e. The number of carbonyl (C=O) groups is 4. The summed E-state index contributed by atoms with van der Waals surface area (Å²) in [5, 5.41) is 13.7. The zero-order valence-electron chi connectivity index (χ0n) is 20.8. The number of benzene rings is 1. The molecule has 12 nitrogen and oxygen atoms in total. The van der Waals surface area contributed by atoms with Gasteiger partial charge in [-0.1, -0.05) is 0 Å². The first-order valence-electron chi connectivity index (χ1n) is 11.8. The normalized spacial score (nSPS) is 14.7. The number of ether oxygens (including phenoxy) is 1. The van der Waals surface area contributed by atoms with E-state index in [1.807, 2.05) is 19.0 Å². The third-order valence-electron chi connectivity index (χ3n) is 5.75. The molecule has 0 fully saturated rings. The summed E-state index contributed by atoms with van der Waals surface area (Å²) in [6, 6.07) is 4.79. The fourth-order valence-electron chi connectivity index (χ4n) is 3.95. The maximum absolute atomic E-state index is 12.9. The fraction of sp³-hybridized carbons (Fsp3) is 0.375. The number of alkyl carbamates (subject to hydrolysis) is 1. The lowest BCUT2D eigenvalue weighted by Gasteiger charge is -2.23. The number of nitrogens with zero attached hydrogens (tertiary/aromatic N) is 2. The van der Waals surface area contributed by atoms with E-state index in [9.17, 15) is 19.2 Å². The number of amides is 4. The number of anilines is 1. The smallest absolute Gasteiger partial charge is 0.407 e. The third-order valence-corrected chi connectivity index (χ3v) is 6.51. The Bertz CT molecular complexity index is 1330. The van der Waals surface area contributed by atoms with E-state index in [1.54, 1.807) is 30.5 Å². The van der Waals surface area contributed by atoms with Gasteiger partial charge in [0.25, 0.3) is 17.7 Å². The van der Waals surface area contributed by atoms with E-state index < -0.39 is 6.09 Å². The second kappa shape index (κ2) is 11.4. The molecule has 0 spiro atoms. The van der Waals surface area contributed by atoms with Crippen molar-refractivity contribution in [1.29, 1.82) is 0 Å². The van der Waals surface area contributed by atoms with Gasteiger partial charge in [-0.2, -0.15) is 0 Å². The maximum atomic E-state index is 12.9. The first-order valence-corrected chi connectivity index (χ1v) is 12.7. The van der Waals surface area contributed by atoms with Crippen LogP contribution in [-0.4, -0.2) is 85.1 Å². The Morgan fingerprint density at radius 3 is 2.78 bits per heavy atom. The Morgan fingerprint density at radius 1 is 1.22 bits per heavy atom. The highest BCUT2D eigenvalue weighted by Gasteiger charge is 2.28. The highest BCUT2D eigenvalue weighted by atomic mass is 32.1. The van der Waals surface area contributed by atoms with Crippen LogP contribution in [0.15, 0.2) is 23.6 Å². The molecule has 13 heteroatoms. The van der Waals surface area contributed by atoms with E-state index in [1.165, 1.54) is 0 Å². The molecule has 0 bridgehead atoms. The van der Waals surface area contributed by atoms with Crippen LogP contribution in [0.5, 0.6) is 0 Å². The van der Waals surface area contributed by atoms with Gasteiger partial charge in [0, 0.05) is 41.5 Å². The number of likely N-dealkylation sites (N-methyl/N-ethyl adjacent to an activating group) is 1. The van der Waals surface area contributed by atoms with Gasteiger partial charge in [-0.15, -0.1) is 11.3 Å². The molecule has 4 amide bonds. The predicted octanol–water partition coefficient (Wildman–Crippen LogP) is 1.57. The molecule has 0 aliphatic carbocycles. The van der Waals surface area contributed by atoms with E-state index >= 15 is 0 Å². The van der Waals surface area contributed by atoms with E-state index in [4.69, 9.17) is 4.74 Å². The molecule has 3 heterocycles. The van der Waals surface area contributed by atoms with E-state index in [0.29, 0.717) is 35.9 Å². The van der Waals surface area contributed by atoms with Crippen molar-refractivity contribution in [3.63, 3.8) is 0 Å². The van der Waals surface area contributed by atoms with Crippen molar-refractivity contribution in [3.05, 3.63) is 46.1 Å². The molecular formula is C24H29N7O5S. The summed E-state index contributed by atoms with van der Waals surface area (Å²) in [4.78, 5) is 58.8. The van der Waals surface area contributed by atoms with E-state index in [2.05, 4.69) is 31.2 Å². The number of aromatic amines is 1. The molecule has 3 aromatic rings. The Labute approximate surface area is 217 Å². The summed E-state index contributed by atoms with van der Waals surface area (Å²) in [7, 11) is 3.83. The topological polar surface area (TPSA) is 158 Å². The average Bonchev–Trinajstić information content (AvgIpc) is 3.47. The average molecular weight is 528 g/mol. The van der Waals surface area contributed by atoms with Crippen molar-refractivity contribution in [2.24, 2.45) is 0 Å². The third kappa shape index (κ3) is 6.24. The van der Waals surface area contributed by atoms with Gasteiger partial charge in [0.2, 0.25) is 0 Å². The van der Waals surface area contributed by atoms with Crippen LogP contribution in [0.3, 0.4) is 0 Å². The quantitative estimate of drug-likeness (QED) is 0.283. The van der Waals surface area contributed by atoms with Crippen LogP contribution in [0, 0.1) is 0 Å². The summed E-state index contributed by atoms with van der Waals surface area (Å²) in [6.07, 6.45) is -0.0750. The molecule has 0 saturated carbocycles. The molecule has 2 aromatic heterocycles. The van der Waals surface area contributed by atoms with Crippen LogP contribution in [0.1, 0.15) is 43.8 Å². The molecule has 0 radical (unpaired) electrons. The zero-order valence-corrected chi connectivity index (χ0v) is 21.6. The number of aromatic nitrogens is 2. The highest BCUT2D eigenvalue weighted by Crippen LogP contribution is 2.28. The number of hydrogen-bond acceptors (Lipinski definition) is 8. The van der Waals surface area contributed by atoms with Crippen molar-refractivity contribution in [3.8, 4) is 0 Å². The first kappa shape index (κ1) is 26.1. The number of rotatable bonds is 9. The summed E-state index contributed by atoms with van der Waals surface area (Å²) >= 11 is 1.16. The number of thiazole rings is 1. The highest BCUT2D eigenvalue weighted by molar-refractivity contribution is 7.14. The van der Waals surface area contributed by atoms with Crippen molar-refractivity contribution in [2.75, 3.05) is 45.7 Å². The minimum atomic E-state index is -0.545. The summed E-state index contributed by atoms with van der Waals surface area (Å²) < 4.78 is 4.87. The SMILES string of the molecule is CCOC(=O)NCC1Cc2c([nH]c3ccc(C(=O)Nc4nc(C(=O)NCCN(C)C)cs4)cc23)C(=O)N1. The number of hydrogen-bond donors (Lipinski definition) is 5. The van der Waals surface area contributed by atoms with Crippen LogP contribution in [-0.2, 0) is 11.2 Å². The van der Waals surface area contributed by atoms with Crippen LogP contribution >= 0.6 is 11.3 Å². The van der Waals surface area contributed by atoms with Crippen molar-refractivity contribution >= 4 is 51.2 Å². The van der Waals surface area contributed by atoms with Gasteiger partial charge in [-0.25, -0.2) is 9.78 Å². The largest absolute Gasteiger partial charge is 0.450 e. The lowest BCUT2D eigenvalue weighted by Crippen LogP contribution is -2.48. The van der Waals surface area contributed by atoms with Gasteiger partial charge in [0.1, 0.15) is 11.4 Å². The standard InChI is InChI=1S/C24H29N7O5S/c1-4-36-24(35)26-11-14-10-16-15-9-13(5-6-17(15)28-19(16)22(34)27-14)20(32)30-23-29-18(12-37-23)21(33)25-7-8-31(2)3/h5-6,9,12,14,28H,4,7-8,10-11H2,1-3H3,(H,25,33)(H,26,35)(H,27,34)(H,29,30,32). The van der Waals surface area contributed by atoms with Crippen LogP contribution in [0.4, 0.5) is 9.93 Å². The number of nitrogens with one attached hydrogen (secondary N) is 5. The van der Waals surface area contributed by atoms with Gasteiger partial charge in [0.05, 0.1) is 12.6 Å². The van der Waals surface area contributed by atoms with E-state index in [-0.39, 0.29) is 42.6 Å². The molecular weight excluding hydrogens is 498 g/mol. The Hall–Kier alpha value is -3.97. The molecule has 1 unspecified atom stereocenters. The molecule has 1 aliphatic heterocycles. The van der Waals surface area contributed by atoms with Gasteiger partial charge in [-0.05, 0) is 51.2 Å². The second-order valence-corrected chi connectivity index (χ2v) is 9.62. The van der Waals surface area contributed by atoms with Gasteiger partial charge in [0.15, 0.2) is 5.13 Å². The number of H-pyrrole nitrogens is 1. The molecule has 1 aliphatic rings. The monoisotopic (exact) mass is 527 g/mol. The lowest BCUT2D eigenvalue weighted by atomic mass is 9.97. The number of carbonyl (C=O) groups excluding carboxylic acids is 4. The molecule has 5 N–H and O–H groups in total. The summed E-state index contributed by atoms with van der Waals surface area (Å²) in [6.45, 7) is 3.38. The first-order chi connectivity index (χ1) is 17.7. The van der Waals surface area contributed by atoms with Crippen LogP contribution in [0.25, 0.3) is 10.9 Å². The summed E-state index contributed by atoms with van der Waals surface area (Å²) in [5.74, 6) is -0.964. The fourth-order valence-corrected chi connectivity index (χ4v) is 4.64. The van der Waals surface area contributed by atoms with Crippen molar-refractivity contribution < 1.29 is 23.9 Å². The predicted molar refractivity (Wildman–Crippen MR) is 139 cm³/mol. The van der Waals surface area contributed by atoms with Crippen LogP contribution < -0.4 is 21.3 Å². The zero-order chi connectivity index (χ0) is 26.5. The summed E-state index contributed by atoms with van der Waals surface area (Å²) in [5.41, 5.74) is 2.55. The van der Waals surface area contributed by atoms with Crippen molar-refractivity contribution in [2.45, 2.75) is 19.4 Å². The molecule has 4 rings (SSSR count).